The average Bonchev–Trinajstić information content (AvgIpc) is 2.54. The van der Waals surface area contributed by atoms with Gasteiger partial charge in [0.25, 0.3) is 0 Å². The lowest BCUT2D eigenvalue weighted by atomic mass is 9.72. The van der Waals surface area contributed by atoms with Crippen molar-refractivity contribution in [2.24, 2.45) is 10.9 Å². The van der Waals surface area contributed by atoms with Crippen molar-refractivity contribution in [3.63, 3.8) is 0 Å². The van der Waals surface area contributed by atoms with Crippen LogP contribution in [0, 0.1) is 5.92 Å². The lowest BCUT2D eigenvalue weighted by Gasteiger charge is -2.47. The SMILES string of the molecule is CN(C)C(=NCc1ccccc1)NCC1CCOC2(CCC2)C1. The average molecular weight is 315 g/mol. The molecule has 1 heterocycles. The van der Waals surface area contributed by atoms with E-state index in [4.69, 9.17) is 9.73 Å². The molecule has 1 aliphatic carbocycles. The first-order valence-electron chi connectivity index (χ1n) is 8.80. The summed E-state index contributed by atoms with van der Waals surface area (Å²) in [5.41, 5.74) is 1.47. The third-order valence-electron chi connectivity index (χ3n) is 5.09. The van der Waals surface area contributed by atoms with Crippen molar-refractivity contribution in [2.45, 2.75) is 44.2 Å². The topological polar surface area (TPSA) is 36.9 Å². The number of rotatable bonds is 4. The van der Waals surface area contributed by atoms with Gasteiger partial charge in [-0.2, -0.15) is 0 Å². The number of nitrogens with zero attached hydrogens (tertiary/aromatic N) is 2. The Kier molecular flexibility index (Phi) is 5.21. The summed E-state index contributed by atoms with van der Waals surface area (Å²) < 4.78 is 6.02. The monoisotopic (exact) mass is 315 g/mol. The van der Waals surface area contributed by atoms with E-state index in [-0.39, 0.29) is 5.60 Å². The zero-order valence-corrected chi connectivity index (χ0v) is 14.4. The van der Waals surface area contributed by atoms with Crippen LogP contribution in [0.3, 0.4) is 0 Å². The summed E-state index contributed by atoms with van der Waals surface area (Å²) >= 11 is 0. The quantitative estimate of drug-likeness (QED) is 0.685. The van der Waals surface area contributed by atoms with E-state index in [1.807, 2.05) is 20.2 Å². The second kappa shape index (κ2) is 7.35. The van der Waals surface area contributed by atoms with E-state index in [1.165, 1.54) is 31.2 Å². The Morgan fingerprint density at radius 2 is 2.09 bits per heavy atom. The molecule has 1 unspecified atom stereocenters. The molecule has 1 aromatic rings. The predicted molar refractivity (Wildman–Crippen MR) is 94.5 cm³/mol. The number of aliphatic imine (C=N–C) groups is 1. The van der Waals surface area contributed by atoms with Crippen LogP contribution in [0.5, 0.6) is 0 Å². The van der Waals surface area contributed by atoms with Gasteiger partial charge in [-0.1, -0.05) is 30.3 Å². The molecule has 4 nitrogen and oxygen atoms in total. The van der Waals surface area contributed by atoms with Gasteiger partial charge in [0, 0.05) is 27.2 Å². The largest absolute Gasteiger partial charge is 0.375 e. The molecular weight excluding hydrogens is 286 g/mol. The highest BCUT2D eigenvalue weighted by Crippen LogP contribution is 2.43. The first-order valence-corrected chi connectivity index (χ1v) is 8.80. The summed E-state index contributed by atoms with van der Waals surface area (Å²) in [5.74, 6) is 1.67. The number of nitrogens with one attached hydrogen (secondary N) is 1. The summed E-state index contributed by atoms with van der Waals surface area (Å²) in [6.07, 6.45) is 6.22. The normalized spacial score (nSPS) is 23.4. The maximum Gasteiger partial charge on any atom is 0.193 e. The molecule has 23 heavy (non-hydrogen) atoms. The highest BCUT2D eigenvalue weighted by molar-refractivity contribution is 5.79. The molecule has 0 aromatic heterocycles. The van der Waals surface area contributed by atoms with Crippen LogP contribution in [0.4, 0.5) is 0 Å². The minimum Gasteiger partial charge on any atom is -0.375 e. The van der Waals surface area contributed by atoms with Crippen molar-refractivity contribution in [1.29, 1.82) is 0 Å². The number of guanidine groups is 1. The maximum absolute atomic E-state index is 6.02. The molecule has 1 N–H and O–H groups in total. The number of benzene rings is 1. The van der Waals surface area contributed by atoms with Crippen LogP contribution >= 0.6 is 0 Å². The minimum absolute atomic E-state index is 0.226. The second-order valence-electron chi connectivity index (χ2n) is 7.14. The standard InChI is InChI=1S/C19H29N3O/c1-22(2)18(20-14-16-7-4-3-5-8-16)21-15-17-9-12-23-19(13-17)10-6-11-19/h3-5,7-8,17H,6,9-15H2,1-2H3,(H,20,21). The lowest BCUT2D eigenvalue weighted by molar-refractivity contribution is -0.142. The molecule has 4 heteroatoms. The Hall–Kier alpha value is -1.55. The van der Waals surface area contributed by atoms with Crippen molar-refractivity contribution in [1.82, 2.24) is 10.2 Å². The Morgan fingerprint density at radius 1 is 1.30 bits per heavy atom. The molecule has 0 amide bonds. The fourth-order valence-electron chi connectivity index (χ4n) is 3.56. The van der Waals surface area contributed by atoms with E-state index in [0.29, 0.717) is 5.92 Å². The van der Waals surface area contributed by atoms with Gasteiger partial charge in [0.15, 0.2) is 5.96 Å². The summed E-state index contributed by atoms with van der Waals surface area (Å²) in [6, 6.07) is 10.4. The Balaban J connectivity index is 1.53. The molecule has 0 radical (unpaired) electrons. The zero-order valence-electron chi connectivity index (χ0n) is 14.4. The van der Waals surface area contributed by atoms with Crippen LogP contribution in [0.25, 0.3) is 0 Å². The van der Waals surface area contributed by atoms with Gasteiger partial charge in [0.05, 0.1) is 12.1 Å². The number of ether oxygens (including phenoxy) is 1. The minimum atomic E-state index is 0.226. The van der Waals surface area contributed by atoms with E-state index in [0.717, 1.165) is 32.1 Å². The molecule has 0 bridgehead atoms. The van der Waals surface area contributed by atoms with Gasteiger partial charge in [0.1, 0.15) is 0 Å². The third kappa shape index (κ3) is 4.25. The molecule has 1 atom stereocenters. The highest BCUT2D eigenvalue weighted by atomic mass is 16.5. The van der Waals surface area contributed by atoms with Gasteiger partial charge in [-0.05, 0) is 43.6 Å². The van der Waals surface area contributed by atoms with Gasteiger partial charge in [-0.15, -0.1) is 0 Å². The molecule has 1 saturated carbocycles. The van der Waals surface area contributed by atoms with Crippen molar-refractivity contribution in [3.05, 3.63) is 35.9 Å². The van der Waals surface area contributed by atoms with Gasteiger partial charge in [-0.25, -0.2) is 4.99 Å². The summed E-state index contributed by atoms with van der Waals surface area (Å²) in [4.78, 5) is 6.82. The molecule has 1 saturated heterocycles. The Morgan fingerprint density at radius 3 is 2.74 bits per heavy atom. The molecule has 1 aliphatic heterocycles. The van der Waals surface area contributed by atoms with E-state index in [2.05, 4.69) is 34.5 Å². The Bertz CT molecular complexity index is 523. The molecule has 2 fully saturated rings. The third-order valence-corrected chi connectivity index (χ3v) is 5.09. The number of hydrogen-bond donors (Lipinski definition) is 1. The second-order valence-corrected chi connectivity index (χ2v) is 7.14. The summed E-state index contributed by atoms with van der Waals surface area (Å²) in [7, 11) is 4.10. The molecular formula is C19H29N3O. The fourth-order valence-corrected chi connectivity index (χ4v) is 3.56. The van der Waals surface area contributed by atoms with E-state index in [1.54, 1.807) is 0 Å². The van der Waals surface area contributed by atoms with E-state index >= 15 is 0 Å². The van der Waals surface area contributed by atoms with E-state index < -0.39 is 0 Å². The molecule has 1 spiro atoms. The lowest BCUT2D eigenvalue weighted by Crippen LogP contribution is -2.48. The van der Waals surface area contributed by atoms with E-state index in [9.17, 15) is 0 Å². The first-order chi connectivity index (χ1) is 11.2. The van der Waals surface area contributed by atoms with Gasteiger partial charge < -0.3 is 15.0 Å². The predicted octanol–water partition coefficient (Wildman–Crippen LogP) is 3.04. The summed E-state index contributed by atoms with van der Waals surface area (Å²) in [6.45, 7) is 2.64. The van der Waals surface area contributed by atoms with Crippen molar-refractivity contribution >= 4 is 5.96 Å². The van der Waals surface area contributed by atoms with Crippen LogP contribution in [-0.4, -0.2) is 43.7 Å². The smallest absolute Gasteiger partial charge is 0.193 e. The maximum atomic E-state index is 6.02. The summed E-state index contributed by atoms with van der Waals surface area (Å²) in [5, 5.41) is 3.57. The van der Waals surface area contributed by atoms with Crippen molar-refractivity contribution < 1.29 is 4.74 Å². The molecule has 2 aliphatic rings. The highest BCUT2D eigenvalue weighted by Gasteiger charge is 2.42. The molecule has 126 valence electrons. The number of hydrogen-bond acceptors (Lipinski definition) is 2. The van der Waals surface area contributed by atoms with Crippen molar-refractivity contribution in [3.8, 4) is 0 Å². The van der Waals surface area contributed by atoms with Crippen molar-refractivity contribution in [2.75, 3.05) is 27.2 Å². The van der Waals surface area contributed by atoms with Crippen LogP contribution in [0.15, 0.2) is 35.3 Å². The van der Waals surface area contributed by atoms with Gasteiger partial charge in [0.2, 0.25) is 0 Å². The van der Waals surface area contributed by atoms with Gasteiger partial charge in [-0.3, -0.25) is 0 Å². The van der Waals surface area contributed by atoms with Crippen LogP contribution < -0.4 is 5.32 Å². The van der Waals surface area contributed by atoms with Gasteiger partial charge >= 0.3 is 0 Å². The fraction of sp³-hybridized carbons (Fsp3) is 0.632. The van der Waals surface area contributed by atoms with Crippen LogP contribution in [-0.2, 0) is 11.3 Å². The zero-order chi connectivity index (χ0) is 16.1. The Labute approximate surface area is 139 Å². The van der Waals surface area contributed by atoms with Crippen LogP contribution in [0.1, 0.15) is 37.7 Å². The molecule has 1 aromatic carbocycles. The molecule has 3 rings (SSSR count). The first kappa shape index (κ1) is 16.3. The van der Waals surface area contributed by atoms with Crippen LogP contribution in [0.2, 0.25) is 0 Å².